The number of rotatable bonds is 2. The number of pyridine rings is 1. The zero-order valence-corrected chi connectivity index (χ0v) is 11.3. The lowest BCUT2D eigenvalue weighted by Crippen LogP contribution is -2.14. The van der Waals surface area contributed by atoms with E-state index in [1.165, 1.54) is 19.3 Å². The van der Waals surface area contributed by atoms with Crippen LogP contribution in [0.1, 0.15) is 32.1 Å². The summed E-state index contributed by atoms with van der Waals surface area (Å²) in [5, 5.41) is 2.05. The number of para-hydroxylation sites is 1. The summed E-state index contributed by atoms with van der Waals surface area (Å²) in [5.74, 6) is 0. The summed E-state index contributed by atoms with van der Waals surface area (Å²) in [6.45, 7) is 0. The van der Waals surface area contributed by atoms with Gasteiger partial charge in [0, 0.05) is 11.6 Å². The van der Waals surface area contributed by atoms with E-state index in [2.05, 4.69) is 4.98 Å². The minimum Gasteiger partial charge on any atom is -0.251 e. The van der Waals surface area contributed by atoms with Crippen LogP contribution >= 0.6 is 7.80 Å². The Balaban J connectivity index is 2.00. The van der Waals surface area contributed by atoms with Gasteiger partial charge in [-0.05, 0) is 37.8 Å². The van der Waals surface area contributed by atoms with Crippen molar-refractivity contribution in [1.82, 2.24) is 4.98 Å². The molecule has 0 radical (unpaired) electrons. The fraction of sp³-hybridized carbons (Fsp3) is 0.400. The minimum atomic E-state index is -1.31. The Bertz CT molecular complexity index is 570. The molecule has 0 spiro atoms. The van der Waals surface area contributed by atoms with E-state index in [-0.39, 0.29) is 0 Å². The predicted octanol–water partition coefficient (Wildman–Crippen LogP) is 4.02. The normalized spacial score (nSPS) is 17.9. The Labute approximate surface area is 108 Å². The van der Waals surface area contributed by atoms with Crippen molar-refractivity contribution in [3.8, 4) is 0 Å². The van der Waals surface area contributed by atoms with Gasteiger partial charge in [-0.2, -0.15) is 0 Å². The Hall–Kier alpha value is -1.27. The standard InChI is InChI=1S/C15H17NOP/c17-18(13-8-2-1-3-9-13)14-10-4-6-12-7-5-11-16-15(12)14/h4-7,10-11,13H,1-3,8-9H2/q+1. The quantitative estimate of drug-likeness (QED) is 0.761. The van der Waals surface area contributed by atoms with Gasteiger partial charge in [-0.25, -0.2) is 0 Å². The molecule has 3 heteroatoms. The molecule has 0 N–H and O–H groups in total. The molecular weight excluding hydrogens is 241 g/mol. The molecule has 0 bridgehead atoms. The maximum atomic E-state index is 12.7. The van der Waals surface area contributed by atoms with Crippen LogP contribution in [0.5, 0.6) is 0 Å². The maximum absolute atomic E-state index is 12.7. The monoisotopic (exact) mass is 258 g/mol. The highest BCUT2D eigenvalue weighted by molar-refractivity contribution is 7.54. The highest BCUT2D eigenvalue weighted by Crippen LogP contribution is 2.38. The van der Waals surface area contributed by atoms with Gasteiger partial charge in [0.1, 0.15) is 5.52 Å². The second-order valence-corrected chi connectivity index (χ2v) is 6.83. The van der Waals surface area contributed by atoms with E-state index in [1.807, 2.05) is 30.3 Å². The maximum Gasteiger partial charge on any atom is 0.382 e. The average molecular weight is 258 g/mol. The Morgan fingerprint density at radius 2 is 1.83 bits per heavy atom. The Morgan fingerprint density at radius 3 is 2.67 bits per heavy atom. The minimum absolute atomic E-state index is 0.362. The fourth-order valence-electron chi connectivity index (χ4n) is 2.78. The van der Waals surface area contributed by atoms with Crippen LogP contribution < -0.4 is 5.30 Å². The summed E-state index contributed by atoms with van der Waals surface area (Å²) in [7, 11) is -1.31. The van der Waals surface area contributed by atoms with Crippen molar-refractivity contribution in [1.29, 1.82) is 0 Å². The summed E-state index contributed by atoms with van der Waals surface area (Å²) in [6.07, 6.45) is 7.76. The molecule has 1 heterocycles. The third-order valence-electron chi connectivity index (χ3n) is 3.76. The molecule has 2 aromatic rings. The van der Waals surface area contributed by atoms with Crippen molar-refractivity contribution in [2.45, 2.75) is 37.8 Å². The predicted molar refractivity (Wildman–Crippen MR) is 75.9 cm³/mol. The van der Waals surface area contributed by atoms with Gasteiger partial charge < -0.3 is 0 Å². The molecule has 0 saturated heterocycles. The number of hydrogen-bond acceptors (Lipinski definition) is 2. The van der Waals surface area contributed by atoms with Gasteiger partial charge in [0.15, 0.2) is 5.66 Å². The molecule has 1 atom stereocenters. The van der Waals surface area contributed by atoms with Crippen molar-refractivity contribution in [2.75, 3.05) is 0 Å². The second-order valence-electron chi connectivity index (χ2n) is 4.97. The van der Waals surface area contributed by atoms with E-state index < -0.39 is 7.80 Å². The van der Waals surface area contributed by atoms with Gasteiger partial charge in [-0.15, -0.1) is 0 Å². The van der Waals surface area contributed by atoms with Crippen molar-refractivity contribution < 1.29 is 4.57 Å². The largest absolute Gasteiger partial charge is 0.382 e. The molecule has 0 aliphatic heterocycles. The van der Waals surface area contributed by atoms with Gasteiger partial charge in [-0.1, -0.05) is 29.2 Å². The molecule has 0 amide bonds. The lowest BCUT2D eigenvalue weighted by Gasteiger charge is -2.13. The van der Waals surface area contributed by atoms with Gasteiger partial charge in [0.25, 0.3) is 0 Å². The number of fused-ring (bicyclic) bond motifs is 1. The van der Waals surface area contributed by atoms with Gasteiger partial charge in [-0.3, -0.25) is 4.98 Å². The number of nitrogens with zero attached hydrogens (tertiary/aromatic N) is 1. The summed E-state index contributed by atoms with van der Waals surface area (Å²) < 4.78 is 12.7. The molecule has 1 unspecified atom stereocenters. The van der Waals surface area contributed by atoms with E-state index in [0.717, 1.165) is 29.0 Å². The van der Waals surface area contributed by atoms with E-state index in [9.17, 15) is 4.57 Å². The van der Waals surface area contributed by atoms with E-state index in [1.54, 1.807) is 6.20 Å². The molecule has 3 rings (SSSR count). The van der Waals surface area contributed by atoms with Gasteiger partial charge in [0.2, 0.25) is 5.30 Å². The highest BCUT2D eigenvalue weighted by atomic mass is 31.1. The molecular formula is C15H17NOP+. The summed E-state index contributed by atoms with van der Waals surface area (Å²) in [4.78, 5) is 4.41. The van der Waals surface area contributed by atoms with Crippen molar-refractivity contribution in [2.24, 2.45) is 0 Å². The number of hydrogen-bond donors (Lipinski definition) is 0. The molecule has 2 nitrogen and oxygen atoms in total. The zero-order chi connectivity index (χ0) is 12.4. The zero-order valence-electron chi connectivity index (χ0n) is 10.4. The van der Waals surface area contributed by atoms with Crippen LogP contribution in [0.4, 0.5) is 0 Å². The van der Waals surface area contributed by atoms with Crippen molar-refractivity contribution in [3.63, 3.8) is 0 Å². The smallest absolute Gasteiger partial charge is 0.251 e. The second kappa shape index (κ2) is 5.16. The summed E-state index contributed by atoms with van der Waals surface area (Å²) in [6, 6.07) is 9.99. The molecule has 18 heavy (non-hydrogen) atoms. The SMILES string of the molecule is O=[P+](c1cccc2cccnc12)C1CCCCC1. The molecule has 1 aromatic carbocycles. The van der Waals surface area contributed by atoms with Crippen LogP contribution in [0.2, 0.25) is 0 Å². The number of aromatic nitrogens is 1. The fourth-order valence-corrected chi connectivity index (χ4v) is 4.63. The third kappa shape index (κ3) is 2.18. The lowest BCUT2D eigenvalue weighted by molar-refractivity contribution is 0.494. The first kappa shape index (κ1) is 11.8. The number of benzene rings is 1. The van der Waals surface area contributed by atoms with Crippen molar-refractivity contribution >= 4 is 24.0 Å². The molecule has 1 saturated carbocycles. The molecule has 1 aromatic heterocycles. The Kier molecular flexibility index (Phi) is 3.38. The van der Waals surface area contributed by atoms with Gasteiger partial charge >= 0.3 is 7.80 Å². The average Bonchev–Trinajstić information content (AvgIpc) is 2.47. The summed E-state index contributed by atoms with van der Waals surface area (Å²) >= 11 is 0. The first-order chi connectivity index (χ1) is 8.86. The highest BCUT2D eigenvalue weighted by Gasteiger charge is 2.35. The van der Waals surface area contributed by atoms with Crippen LogP contribution in [0.25, 0.3) is 10.9 Å². The first-order valence-electron chi connectivity index (χ1n) is 6.66. The topological polar surface area (TPSA) is 30.0 Å². The third-order valence-corrected chi connectivity index (χ3v) is 5.77. The van der Waals surface area contributed by atoms with E-state index >= 15 is 0 Å². The lowest BCUT2D eigenvalue weighted by atomic mass is 10.0. The molecule has 92 valence electrons. The molecule has 1 aliphatic carbocycles. The molecule has 1 fully saturated rings. The van der Waals surface area contributed by atoms with Crippen LogP contribution in [0.3, 0.4) is 0 Å². The van der Waals surface area contributed by atoms with E-state index in [0.29, 0.717) is 5.66 Å². The van der Waals surface area contributed by atoms with Crippen LogP contribution in [0.15, 0.2) is 36.5 Å². The van der Waals surface area contributed by atoms with Crippen LogP contribution in [-0.4, -0.2) is 10.6 Å². The Morgan fingerprint density at radius 1 is 1.06 bits per heavy atom. The van der Waals surface area contributed by atoms with Crippen LogP contribution in [-0.2, 0) is 4.57 Å². The first-order valence-corrected chi connectivity index (χ1v) is 7.99. The van der Waals surface area contributed by atoms with Crippen LogP contribution in [0, 0.1) is 0 Å². The molecule has 1 aliphatic rings. The van der Waals surface area contributed by atoms with Gasteiger partial charge in [0.05, 0.1) is 0 Å². The van der Waals surface area contributed by atoms with Crippen molar-refractivity contribution in [3.05, 3.63) is 36.5 Å². The van der Waals surface area contributed by atoms with E-state index in [4.69, 9.17) is 0 Å². The summed E-state index contributed by atoms with van der Waals surface area (Å²) in [5.41, 5.74) is 1.29.